The van der Waals surface area contributed by atoms with Gasteiger partial charge in [0.2, 0.25) is 5.43 Å². The number of fused-ring (bicyclic) bond motifs is 3. The van der Waals surface area contributed by atoms with Crippen molar-refractivity contribution in [3.8, 4) is 17.2 Å². The molecule has 8 heteroatoms. The molecule has 3 aromatic carbocycles. The third-order valence-corrected chi connectivity index (χ3v) is 6.24. The Morgan fingerprint density at radius 1 is 1.19 bits per heavy atom. The minimum absolute atomic E-state index is 0.0385. The van der Waals surface area contributed by atoms with E-state index >= 15 is 4.39 Å². The zero-order chi connectivity index (χ0) is 22.1. The topological polar surface area (TPSA) is 97.8 Å². The first-order valence-corrected chi connectivity index (χ1v) is 10.3. The SMILES string of the molecule is N[C@H]1CCN(c2c(F)cc3c(=O)c(C(=O)O)cn4c3c2Oc2cc3ccccc3cc2-4)C1. The largest absolute Gasteiger partial charge is 0.477 e. The maximum Gasteiger partial charge on any atom is 0.341 e. The summed E-state index contributed by atoms with van der Waals surface area (Å²) in [5, 5.41) is 11.4. The van der Waals surface area contributed by atoms with Crippen molar-refractivity contribution >= 4 is 33.3 Å². The molecule has 6 rings (SSSR count). The Bertz CT molecular complexity index is 1530. The Morgan fingerprint density at radius 2 is 1.94 bits per heavy atom. The summed E-state index contributed by atoms with van der Waals surface area (Å²) in [6.45, 7) is 1.02. The number of anilines is 1. The lowest BCUT2D eigenvalue weighted by molar-refractivity contribution is 0.0695. The van der Waals surface area contributed by atoms with Gasteiger partial charge in [0.1, 0.15) is 16.8 Å². The minimum atomic E-state index is -1.37. The van der Waals surface area contributed by atoms with E-state index in [0.29, 0.717) is 36.5 Å². The average Bonchev–Trinajstić information content (AvgIpc) is 3.19. The third-order valence-electron chi connectivity index (χ3n) is 6.24. The molecule has 3 heterocycles. The summed E-state index contributed by atoms with van der Waals surface area (Å²) in [5.74, 6) is -1.36. The van der Waals surface area contributed by atoms with Crippen LogP contribution in [0.1, 0.15) is 16.8 Å². The van der Waals surface area contributed by atoms with E-state index in [1.54, 1.807) is 4.57 Å². The number of hydrogen-bond acceptors (Lipinski definition) is 5. The molecule has 1 aromatic heterocycles. The Morgan fingerprint density at radius 3 is 2.62 bits per heavy atom. The molecule has 3 N–H and O–H groups in total. The number of halogens is 1. The fraction of sp³-hybridized carbons (Fsp3) is 0.167. The van der Waals surface area contributed by atoms with Crippen LogP contribution in [0, 0.1) is 5.82 Å². The van der Waals surface area contributed by atoms with Crippen LogP contribution in [0.2, 0.25) is 0 Å². The van der Waals surface area contributed by atoms with Crippen LogP contribution in [-0.4, -0.2) is 34.8 Å². The second-order valence-corrected chi connectivity index (χ2v) is 8.24. The van der Waals surface area contributed by atoms with Gasteiger partial charge in [-0.05, 0) is 35.4 Å². The van der Waals surface area contributed by atoms with Crippen LogP contribution in [0.3, 0.4) is 0 Å². The van der Waals surface area contributed by atoms with Crippen LogP contribution in [0.4, 0.5) is 10.1 Å². The monoisotopic (exact) mass is 431 g/mol. The normalized spacial score (nSPS) is 16.9. The zero-order valence-corrected chi connectivity index (χ0v) is 16.8. The minimum Gasteiger partial charge on any atom is -0.477 e. The first kappa shape index (κ1) is 18.8. The lowest BCUT2D eigenvalue weighted by Crippen LogP contribution is -2.28. The van der Waals surface area contributed by atoms with Gasteiger partial charge in [0, 0.05) is 25.3 Å². The maximum atomic E-state index is 15.4. The van der Waals surface area contributed by atoms with Crippen LogP contribution in [0.25, 0.3) is 27.4 Å². The number of carbonyl (C=O) groups is 1. The van der Waals surface area contributed by atoms with Gasteiger partial charge < -0.3 is 25.0 Å². The first-order chi connectivity index (χ1) is 15.4. The number of carboxylic acids is 1. The summed E-state index contributed by atoms with van der Waals surface area (Å²) in [5.41, 5.74) is 6.04. The lowest BCUT2D eigenvalue weighted by atomic mass is 10.0. The Kier molecular flexibility index (Phi) is 3.85. The van der Waals surface area contributed by atoms with Crippen molar-refractivity contribution < 1.29 is 19.0 Å². The van der Waals surface area contributed by atoms with Gasteiger partial charge in [0.05, 0.1) is 11.1 Å². The molecule has 0 radical (unpaired) electrons. The number of aromatic nitrogens is 1. The molecule has 0 bridgehead atoms. The Balaban J connectivity index is 1.75. The first-order valence-electron chi connectivity index (χ1n) is 10.3. The number of pyridine rings is 1. The number of carboxylic acid groups (broad SMARTS) is 1. The van der Waals surface area contributed by atoms with E-state index in [4.69, 9.17) is 10.5 Å². The van der Waals surface area contributed by atoms with Gasteiger partial charge in [-0.15, -0.1) is 0 Å². The van der Waals surface area contributed by atoms with Gasteiger partial charge in [-0.2, -0.15) is 0 Å². The van der Waals surface area contributed by atoms with Crippen molar-refractivity contribution in [2.24, 2.45) is 5.73 Å². The standard InChI is InChI=1S/C24H18FN3O4/c25-17-9-15-20-23(21(17)27-6-5-14(26)10-27)32-19-8-13-4-2-1-3-12(13)7-18(19)28(20)11-16(22(15)29)24(30)31/h1-4,7-9,11,14H,5-6,10,26H2,(H,30,31)/t14-/m0/s1. The second-order valence-electron chi connectivity index (χ2n) is 8.24. The van der Waals surface area contributed by atoms with E-state index in [9.17, 15) is 14.7 Å². The highest BCUT2D eigenvalue weighted by atomic mass is 19.1. The number of nitrogens with two attached hydrogens (primary N) is 1. The van der Waals surface area contributed by atoms with Crippen LogP contribution >= 0.6 is 0 Å². The number of aromatic carboxylic acids is 1. The van der Waals surface area contributed by atoms with E-state index in [1.165, 1.54) is 6.20 Å². The third kappa shape index (κ3) is 2.56. The molecule has 4 aromatic rings. The Hall–Kier alpha value is -3.91. The summed E-state index contributed by atoms with van der Waals surface area (Å²) >= 11 is 0. The Labute approximate surface area is 181 Å². The van der Waals surface area contributed by atoms with Gasteiger partial charge in [0.15, 0.2) is 17.3 Å². The quantitative estimate of drug-likeness (QED) is 0.443. The molecular weight excluding hydrogens is 413 g/mol. The number of ether oxygens (including phenoxy) is 1. The fourth-order valence-electron chi connectivity index (χ4n) is 4.73. The number of nitrogens with zero attached hydrogens (tertiary/aromatic N) is 2. The van der Waals surface area contributed by atoms with Gasteiger partial charge >= 0.3 is 5.97 Å². The molecule has 0 amide bonds. The molecule has 160 valence electrons. The highest BCUT2D eigenvalue weighted by Crippen LogP contribution is 2.47. The lowest BCUT2D eigenvalue weighted by Gasteiger charge is -2.29. The van der Waals surface area contributed by atoms with Crippen molar-refractivity contribution in [2.75, 3.05) is 18.0 Å². The van der Waals surface area contributed by atoms with Gasteiger partial charge in [0.25, 0.3) is 0 Å². The predicted octanol–water partition coefficient (Wildman–Crippen LogP) is 3.62. The van der Waals surface area contributed by atoms with E-state index in [2.05, 4.69) is 0 Å². The van der Waals surface area contributed by atoms with E-state index in [0.717, 1.165) is 16.8 Å². The van der Waals surface area contributed by atoms with Crippen LogP contribution in [0.5, 0.6) is 11.5 Å². The van der Waals surface area contributed by atoms with Crippen LogP contribution < -0.4 is 20.8 Å². The molecule has 0 aliphatic carbocycles. The second kappa shape index (κ2) is 6.54. The number of benzene rings is 3. The molecule has 2 aliphatic rings. The summed E-state index contributed by atoms with van der Waals surface area (Å²) in [6.07, 6.45) is 2.01. The summed E-state index contributed by atoms with van der Waals surface area (Å²) in [7, 11) is 0. The molecule has 0 saturated carbocycles. The van der Waals surface area contributed by atoms with Crippen molar-refractivity contribution in [2.45, 2.75) is 12.5 Å². The molecular formula is C24H18FN3O4. The molecule has 2 aliphatic heterocycles. The highest BCUT2D eigenvalue weighted by Gasteiger charge is 2.32. The fourth-order valence-corrected chi connectivity index (χ4v) is 4.73. The molecule has 1 saturated heterocycles. The number of hydrogen-bond donors (Lipinski definition) is 2. The van der Waals surface area contributed by atoms with E-state index in [-0.39, 0.29) is 22.9 Å². The van der Waals surface area contributed by atoms with E-state index < -0.39 is 22.8 Å². The summed E-state index contributed by atoms with van der Waals surface area (Å²) < 4.78 is 23.3. The molecule has 1 fully saturated rings. The summed E-state index contributed by atoms with van der Waals surface area (Å²) in [4.78, 5) is 26.5. The van der Waals surface area contributed by atoms with Gasteiger partial charge in [-0.3, -0.25) is 4.79 Å². The van der Waals surface area contributed by atoms with Crippen molar-refractivity contribution in [1.82, 2.24) is 4.57 Å². The van der Waals surface area contributed by atoms with Crippen LogP contribution in [0.15, 0.2) is 53.5 Å². The maximum absolute atomic E-state index is 15.4. The highest BCUT2D eigenvalue weighted by molar-refractivity contribution is 6.00. The summed E-state index contributed by atoms with van der Waals surface area (Å²) in [6, 6.07) is 12.4. The predicted molar refractivity (Wildman–Crippen MR) is 119 cm³/mol. The van der Waals surface area contributed by atoms with E-state index in [1.807, 2.05) is 41.3 Å². The molecule has 1 atom stereocenters. The van der Waals surface area contributed by atoms with Crippen molar-refractivity contribution in [3.05, 3.63) is 70.3 Å². The smallest absolute Gasteiger partial charge is 0.341 e. The van der Waals surface area contributed by atoms with Crippen molar-refractivity contribution in [1.29, 1.82) is 0 Å². The van der Waals surface area contributed by atoms with Gasteiger partial charge in [-0.1, -0.05) is 24.3 Å². The average molecular weight is 431 g/mol. The number of rotatable bonds is 2. The molecule has 32 heavy (non-hydrogen) atoms. The van der Waals surface area contributed by atoms with Crippen LogP contribution in [-0.2, 0) is 0 Å². The van der Waals surface area contributed by atoms with Crippen molar-refractivity contribution in [3.63, 3.8) is 0 Å². The van der Waals surface area contributed by atoms with Gasteiger partial charge in [-0.25, -0.2) is 9.18 Å². The molecule has 7 nitrogen and oxygen atoms in total. The zero-order valence-electron chi connectivity index (χ0n) is 16.8. The molecule has 0 unspecified atom stereocenters. The molecule has 0 spiro atoms.